The van der Waals surface area contributed by atoms with Crippen molar-refractivity contribution in [3.8, 4) is 0 Å². The van der Waals surface area contributed by atoms with Crippen LogP contribution in [0.15, 0.2) is 58.3 Å². The predicted molar refractivity (Wildman–Crippen MR) is 160 cm³/mol. The van der Waals surface area contributed by atoms with Crippen LogP contribution in [0.4, 0.5) is 4.79 Å². The first kappa shape index (κ1) is 35.9. The third-order valence-electron chi connectivity index (χ3n) is 6.64. The van der Waals surface area contributed by atoms with Crippen molar-refractivity contribution in [1.29, 1.82) is 0 Å². The second-order valence-corrected chi connectivity index (χ2v) is 15.4. The summed E-state index contributed by atoms with van der Waals surface area (Å²) >= 11 is 0. The lowest BCUT2D eigenvalue weighted by atomic mass is 9.95. The lowest BCUT2D eigenvalue weighted by Gasteiger charge is -2.36. The van der Waals surface area contributed by atoms with Crippen LogP contribution in [0.25, 0.3) is 0 Å². The smallest absolute Gasteiger partial charge is 0.357 e. The molecule has 1 fully saturated rings. The minimum Gasteiger partial charge on any atom is -0.464 e. The van der Waals surface area contributed by atoms with Crippen molar-refractivity contribution in [2.75, 3.05) is 34.5 Å². The lowest BCUT2D eigenvalue weighted by molar-refractivity contribution is -0.154. The number of urea groups is 1. The summed E-state index contributed by atoms with van der Waals surface area (Å²) in [6, 6.07) is 7.69. The molecule has 0 aromatic heterocycles. The maximum atomic E-state index is 14.7. The van der Waals surface area contributed by atoms with Gasteiger partial charge in [-0.2, -0.15) is 4.31 Å². The second-order valence-electron chi connectivity index (χ2n) is 9.30. The van der Waals surface area contributed by atoms with E-state index in [1.807, 2.05) is 0 Å². The molecule has 2 aromatic rings. The fraction of sp³-hybridized carbons (Fsp3) is 0.370. The average molecular weight is 689 g/mol. The summed E-state index contributed by atoms with van der Waals surface area (Å²) in [6.45, 7) is 5.03. The number of carbonyl (C=O) groups is 4. The highest BCUT2D eigenvalue weighted by atomic mass is 32.2. The van der Waals surface area contributed by atoms with E-state index in [1.165, 1.54) is 38.1 Å². The van der Waals surface area contributed by atoms with Gasteiger partial charge in [-0.05, 0) is 52.0 Å². The van der Waals surface area contributed by atoms with Crippen LogP contribution in [0.5, 0.6) is 0 Å². The second kappa shape index (κ2) is 13.4. The Morgan fingerprint density at radius 1 is 0.733 bits per heavy atom. The van der Waals surface area contributed by atoms with E-state index in [2.05, 4.69) is 0 Å². The molecule has 18 heteroatoms. The van der Waals surface area contributed by atoms with E-state index in [0.717, 1.165) is 45.6 Å². The fourth-order valence-electron chi connectivity index (χ4n) is 4.53. The van der Waals surface area contributed by atoms with Crippen molar-refractivity contribution in [3.63, 3.8) is 0 Å². The molecule has 0 aliphatic carbocycles. The van der Waals surface area contributed by atoms with Gasteiger partial charge in [0.2, 0.25) is 0 Å². The van der Waals surface area contributed by atoms with Crippen LogP contribution in [0.3, 0.4) is 0 Å². The number of benzene rings is 2. The molecule has 3 rings (SSSR count). The number of carbonyl (C=O) groups excluding carboxylic acids is 4. The van der Waals surface area contributed by atoms with Gasteiger partial charge in [0.15, 0.2) is 5.29 Å². The molecule has 246 valence electrons. The van der Waals surface area contributed by atoms with Gasteiger partial charge < -0.3 is 23.0 Å². The summed E-state index contributed by atoms with van der Waals surface area (Å²) in [7, 11) is -12.3. The van der Waals surface area contributed by atoms with Gasteiger partial charge in [0.25, 0.3) is 39.1 Å². The van der Waals surface area contributed by atoms with Gasteiger partial charge in [0.05, 0.1) is 23.0 Å². The third-order valence-corrected chi connectivity index (χ3v) is 12.6. The average Bonchev–Trinajstić information content (AvgIpc) is 3.24. The molecule has 1 aliphatic heterocycles. The Kier molecular flexibility index (Phi) is 10.7. The number of sulfonamides is 2. The zero-order valence-electron chi connectivity index (χ0n) is 25.5. The first-order valence-electron chi connectivity index (χ1n) is 13.2. The number of imide groups is 1. The van der Waals surface area contributed by atoms with E-state index in [9.17, 15) is 36.0 Å². The van der Waals surface area contributed by atoms with Crippen LogP contribution in [-0.4, -0.2) is 94.7 Å². The summed E-state index contributed by atoms with van der Waals surface area (Å²) < 4.78 is 82.4. The van der Waals surface area contributed by atoms with Crippen molar-refractivity contribution in [3.05, 3.63) is 59.7 Å². The number of nitrogens with zero attached hydrogens (tertiary/aromatic N) is 2. The standard InChI is InChI=1S/C27H33N2O13PS2/c1-8-41-23(30)22(43(38-5,39-6)40-7)27(25(32)42-9-2)24(31)28(44(34,35)20-14-10-18(3)11-15-20)26(33)29(27)45(36,37)21-16-12-19(4)13-17-21/h10-17H,8-9H2,1-7H3. The highest BCUT2D eigenvalue weighted by molar-refractivity contribution is 7.91. The lowest BCUT2D eigenvalue weighted by Crippen LogP contribution is -2.66. The summed E-state index contributed by atoms with van der Waals surface area (Å²) in [5.41, 5.74) is -2.51. The van der Waals surface area contributed by atoms with Gasteiger partial charge in [-0.1, -0.05) is 35.4 Å². The molecular formula is C27H33N2O13PS2. The van der Waals surface area contributed by atoms with Gasteiger partial charge in [-0.3, -0.25) is 4.79 Å². The molecule has 2 aromatic carbocycles. The quantitative estimate of drug-likeness (QED) is 0.137. The number of aryl methyl sites for hydroxylation is 2. The van der Waals surface area contributed by atoms with Gasteiger partial charge in [0.1, 0.15) is 0 Å². The van der Waals surface area contributed by atoms with Crippen LogP contribution in [-0.2, 0) is 57.5 Å². The highest BCUT2D eigenvalue weighted by Gasteiger charge is 2.76. The molecular weight excluding hydrogens is 655 g/mol. The van der Waals surface area contributed by atoms with Crippen molar-refractivity contribution in [1.82, 2.24) is 8.61 Å². The van der Waals surface area contributed by atoms with Gasteiger partial charge in [-0.25, -0.2) is 31.2 Å². The molecule has 1 saturated heterocycles. The van der Waals surface area contributed by atoms with E-state index >= 15 is 0 Å². The summed E-state index contributed by atoms with van der Waals surface area (Å²) in [5.74, 6) is -5.38. The van der Waals surface area contributed by atoms with E-state index in [4.69, 9.17) is 23.0 Å². The Morgan fingerprint density at radius 3 is 1.56 bits per heavy atom. The Morgan fingerprint density at radius 2 is 1.16 bits per heavy atom. The van der Waals surface area contributed by atoms with Crippen LogP contribution >= 0.6 is 7.57 Å². The molecule has 0 spiro atoms. The Bertz CT molecular complexity index is 1750. The van der Waals surface area contributed by atoms with Crippen LogP contribution in [0.1, 0.15) is 25.0 Å². The van der Waals surface area contributed by atoms with E-state index < -0.39 is 89.6 Å². The maximum Gasteiger partial charge on any atom is 0.357 e. The van der Waals surface area contributed by atoms with Crippen LogP contribution in [0.2, 0.25) is 0 Å². The van der Waals surface area contributed by atoms with E-state index in [0.29, 0.717) is 11.1 Å². The first-order valence-corrected chi connectivity index (χ1v) is 17.6. The molecule has 1 atom stereocenters. The summed E-state index contributed by atoms with van der Waals surface area (Å²) in [4.78, 5) is 55.7. The molecule has 0 radical (unpaired) electrons. The van der Waals surface area contributed by atoms with Gasteiger partial charge in [-0.15, -0.1) is 4.31 Å². The first-order chi connectivity index (χ1) is 21.1. The fourth-order valence-corrected chi connectivity index (χ4v) is 9.52. The molecule has 0 bridgehead atoms. The SMILES string of the molecule is CCOC(=O)C(C1(C(=O)OCC)C(=O)N(S(=O)(=O)c2ccc(C)cc2)C(=O)N1S(=O)(=O)c1ccc(C)cc1)=P(OC)(OC)OC. The zero-order chi connectivity index (χ0) is 34.0. The van der Waals surface area contributed by atoms with Crippen molar-refractivity contribution < 1.29 is 59.1 Å². The number of rotatable bonds is 12. The minimum atomic E-state index is -5.39. The molecule has 0 N–H and O–H groups in total. The van der Waals surface area contributed by atoms with Crippen LogP contribution in [0, 0.1) is 13.8 Å². The predicted octanol–water partition coefficient (Wildman–Crippen LogP) is 2.38. The third kappa shape index (κ3) is 5.79. The molecule has 1 aliphatic rings. The minimum absolute atomic E-state index is 0.311. The number of ether oxygens (including phenoxy) is 2. The largest absolute Gasteiger partial charge is 0.464 e. The highest BCUT2D eigenvalue weighted by Crippen LogP contribution is 2.55. The van der Waals surface area contributed by atoms with Gasteiger partial charge >= 0.3 is 18.0 Å². The van der Waals surface area contributed by atoms with E-state index in [-0.39, 0.29) is 4.31 Å². The Labute approximate surface area is 261 Å². The molecule has 0 saturated carbocycles. The summed E-state index contributed by atoms with van der Waals surface area (Å²) in [6.07, 6.45) is 0. The summed E-state index contributed by atoms with van der Waals surface area (Å²) in [5, 5.41) is -1.25. The number of hydrogen-bond acceptors (Lipinski definition) is 13. The normalized spacial score (nSPS) is 17.4. The molecule has 1 heterocycles. The van der Waals surface area contributed by atoms with Crippen molar-refractivity contribution >= 4 is 56.8 Å². The van der Waals surface area contributed by atoms with Gasteiger partial charge in [0, 0.05) is 21.3 Å². The number of amides is 3. The maximum absolute atomic E-state index is 14.7. The Hall–Kier alpha value is -3.60. The van der Waals surface area contributed by atoms with Crippen molar-refractivity contribution in [2.45, 2.75) is 43.0 Å². The number of hydrogen-bond donors (Lipinski definition) is 0. The van der Waals surface area contributed by atoms with E-state index in [1.54, 1.807) is 13.8 Å². The van der Waals surface area contributed by atoms with Crippen molar-refractivity contribution in [2.24, 2.45) is 0 Å². The molecule has 3 amide bonds. The van der Waals surface area contributed by atoms with Crippen LogP contribution < -0.4 is 0 Å². The Balaban J connectivity index is 2.67. The molecule has 45 heavy (non-hydrogen) atoms. The monoisotopic (exact) mass is 688 g/mol. The topological polar surface area (TPSA) is 189 Å². The molecule has 1 unspecified atom stereocenters. The molecule has 15 nitrogen and oxygen atoms in total. The number of esters is 2. The zero-order valence-corrected chi connectivity index (χ0v) is 28.0.